The van der Waals surface area contributed by atoms with Gasteiger partial charge in [0.25, 0.3) is 0 Å². The standard InChI is InChI=1S/C16H21N3O3/c1-16(2,3)22-15(21)19(10-9-17)14(20)13(18)11-12-7-5-4-6-8-12/h4-8,13H,10-11,18H2,1-3H3/t13-/m0/s1. The van der Waals surface area contributed by atoms with Crippen molar-refractivity contribution in [2.45, 2.75) is 38.8 Å². The van der Waals surface area contributed by atoms with E-state index in [4.69, 9.17) is 15.7 Å². The third-order valence-electron chi connectivity index (χ3n) is 2.72. The minimum absolute atomic E-state index is 0.282. The molecule has 1 aromatic rings. The zero-order chi connectivity index (χ0) is 16.8. The molecule has 6 nitrogen and oxygen atoms in total. The first kappa shape index (κ1) is 17.7. The number of amides is 2. The van der Waals surface area contributed by atoms with E-state index in [-0.39, 0.29) is 6.42 Å². The molecule has 0 saturated heterocycles. The highest BCUT2D eigenvalue weighted by molar-refractivity contribution is 5.95. The van der Waals surface area contributed by atoms with Crippen molar-refractivity contribution in [3.8, 4) is 6.07 Å². The maximum Gasteiger partial charge on any atom is 0.418 e. The van der Waals surface area contributed by atoms with Crippen LogP contribution in [0.1, 0.15) is 26.3 Å². The number of nitriles is 1. The maximum atomic E-state index is 12.3. The van der Waals surface area contributed by atoms with Crippen molar-refractivity contribution in [3.63, 3.8) is 0 Å². The van der Waals surface area contributed by atoms with Gasteiger partial charge < -0.3 is 10.5 Å². The van der Waals surface area contributed by atoms with Crippen molar-refractivity contribution < 1.29 is 14.3 Å². The number of rotatable bonds is 4. The molecule has 1 atom stereocenters. The first-order chi connectivity index (χ1) is 10.2. The van der Waals surface area contributed by atoms with Crippen LogP contribution >= 0.6 is 0 Å². The highest BCUT2D eigenvalue weighted by atomic mass is 16.6. The van der Waals surface area contributed by atoms with Crippen molar-refractivity contribution in [3.05, 3.63) is 35.9 Å². The van der Waals surface area contributed by atoms with Crippen molar-refractivity contribution >= 4 is 12.0 Å². The Kier molecular flexibility index (Phi) is 6.08. The fourth-order valence-corrected chi connectivity index (χ4v) is 1.78. The molecular weight excluding hydrogens is 282 g/mol. The van der Waals surface area contributed by atoms with Gasteiger partial charge in [0.2, 0.25) is 5.91 Å². The smallest absolute Gasteiger partial charge is 0.418 e. The summed E-state index contributed by atoms with van der Waals surface area (Å²) in [7, 11) is 0. The Bertz CT molecular complexity index is 558. The second-order valence-corrected chi connectivity index (χ2v) is 5.86. The van der Waals surface area contributed by atoms with Gasteiger partial charge in [-0.1, -0.05) is 30.3 Å². The molecule has 22 heavy (non-hydrogen) atoms. The fraction of sp³-hybridized carbons (Fsp3) is 0.438. The third-order valence-corrected chi connectivity index (χ3v) is 2.72. The van der Waals surface area contributed by atoms with Crippen LogP contribution in [0.2, 0.25) is 0 Å². The van der Waals surface area contributed by atoms with Gasteiger partial charge in [-0.25, -0.2) is 9.69 Å². The molecular formula is C16H21N3O3. The summed E-state index contributed by atoms with van der Waals surface area (Å²) < 4.78 is 5.13. The normalized spacial score (nSPS) is 12.1. The Morgan fingerprint density at radius 1 is 1.32 bits per heavy atom. The monoisotopic (exact) mass is 303 g/mol. The summed E-state index contributed by atoms with van der Waals surface area (Å²) in [4.78, 5) is 25.1. The molecule has 1 rings (SSSR count). The van der Waals surface area contributed by atoms with E-state index < -0.39 is 30.2 Å². The van der Waals surface area contributed by atoms with E-state index in [1.807, 2.05) is 30.3 Å². The lowest BCUT2D eigenvalue weighted by Gasteiger charge is -2.26. The molecule has 1 aromatic carbocycles. The van der Waals surface area contributed by atoms with E-state index in [1.165, 1.54) is 0 Å². The average Bonchev–Trinajstić information content (AvgIpc) is 2.43. The Hall–Kier alpha value is -2.39. The number of carbonyl (C=O) groups excluding carboxylic acids is 2. The van der Waals surface area contributed by atoms with Gasteiger partial charge in [0, 0.05) is 0 Å². The third kappa shape index (κ3) is 5.54. The van der Waals surface area contributed by atoms with Crippen molar-refractivity contribution in [1.82, 2.24) is 4.90 Å². The lowest BCUT2D eigenvalue weighted by Crippen LogP contribution is -2.49. The molecule has 2 amide bonds. The van der Waals surface area contributed by atoms with E-state index in [0.29, 0.717) is 0 Å². The van der Waals surface area contributed by atoms with Crippen LogP contribution in [0.15, 0.2) is 30.3 Å². The summed E-state index contributed by atoms with van der Waals surface area (Å²) in [5.74, 6) is -0.625. The highest BCUT2D eigenvalue weighted by Gasteiger charge is 2.30. The zero-order valence-corrected chi connectivity index (χ0v) is 13.1. The lowest BCUT2D eigenvalue weighted by molar-refractivity contribution is -0.131. The summed E-state index contributed by atoms with van der Waals surface area (Å²) in [5.41, 5.74) is 6.00. The molecule has 0 fully saturated rings. The van der Waals surface area contributed by atoms with Gasteiger partial charge in [-0.15, -0.1) is 0 Å². The van der Waals surface area contributed by atoms with Gasteiger partial charge in [-0.05, 0) is 32.8 Å². The lowest BCUT2D eigenvalue weighted by atomic mass is 10.1. The minimum Gasteiger partial charge on any atom is -0.443 e. The van der Waals surface area contributed by atoms with E-state index >= 15 is 0 Å². The molecule has 0 spiro atoms. The molecule has 0 aromatic heterocycles. The van der Waals surface area contributed by atoms with Gasteiger partial charge in [0.05, 0.1) is 12.1 Å². The predicted molar refractivity (Wildman–Crippen MR) is 81.7 cm³/mol. The topological polar surface area (TPSA) is 96.4 Å². The van der Waals surface area contributed by atoms with Crippen LogP contribution in [0.5, 0.6) is 0 Å². The Balaban J connectivity index is 2.80. The van der Waals surface area contributed by atoms with E-state index in [9.17, 15) is 9.59 Å². The van der Waals surface area contributed by atoms with Crippen molar-refractivity contribution in [2.24, 2.45) is 5.73 Å². The summed E-state index contributed by atoms with van der Waals surface area (Å²) in [6, 6.07) is 10.1. The zero-order valence-electron chi connectivity index (χ0n) is 13.1. The summed E-state index contributed by atoms with van der Waals surface area (Å²) in [6.45, 7) is 4.66. The van der Waals surface area contributed by atoms with E-state index in [1.54, 1.807) is 26.8 Å². The number of hydrogen-bond acceptors (Lipinski definition) is 5. The molecule has 0 saturated carbocycles. The van der Waals surface area contributed by atoms with Gasteiger partial charge in [0.1, 0.15) is 12.1 Å². The molecule has 0 bridgehead atoms. The number of nitrogens with zero attached hydrogens (tertiary/aromatic N) is 2. The van der Waals surface area contributed by atoms with Gasteiger partial charge in [-0.3, -0.25) is 4.79 Å². The Labute approximate surface area is 130 Å². The number of ether oxygens (including phenoxy) is 1. The van der Waals surface area contributed by atoms with Crippen LogP contribution in [0.3, 0.4) is 0 Å². The summed E-state index contributed by atoms with van der Waals surface area (Å²) in [5, 5.41) is 8.81. The molecule has 6 heteroatoms. The quantitative estimate of drug-likeness (QED) is 0.856. The van der Waals surface area contributed by atoms with Crippen LogP contribution in [0.4, 0.5) is 4.79 Å². The molecule has 118 valence electrons. The highest BCUT2D eigenvalue weighted by Crippen LogP contribution is 2.11. The van der Waals surface area contributed by atoms with Crippen LogP contribution in [-0.4, -0.2) is 35.1 Å². The molecule has 0 aliphatic heterocycles. The Morgan fingerprint density at radius 3 is 2.41 bits per heavy atom. The van der Waals surface area contributed by atoms with Crippen molar-refractivity contribution in [2.75, 3.05) is 6.54 Å². The first-order valence-corrected chi connectivity index (χ1v) is 6.95. The predicted octanol–water partition coefficient (Wildman–Crippen LogP) is 1.84. The van der Waals surface area contributed by atoms with Crippen LogP contribution in [0, 0.1) is 11.3 Å². The number of hydrogen-bond donors (Lipinski definition) is 1. The number of carbonyl (C=O) groups is 2. The van der Waals surface area contributed by atoms with Gasteiger partial charge in [0.15, 0.2) is 0 Å². The van der Waals surface area contributed by atoms with Crippen LogP contribution in [0.25, 0.3) is 0 Å². The number of benzene rings is 1. The average molecular weight is 303 g/mol. The fourth-order valence-electron chi connectivity index (χ4n) is 1.78. The van der Waals surface area contributed by atoms with Crippen molar-refractivity contribution in [1.29, 1.82) is 5.26 Å². The molecule has 0 aliphatic carbocycles. The van der Waals surface area contributed by atoms with Gasteiger partial charge in [-0.2, -0.15) is 5.26 Å². The largest absolute Gasteiger partial charge is 0.443 e. The molecule has 2 N–H and O–H groups in total. The molecule has 0 heterocycles. The summed E-state index contributed by atoms with van der Waals surface area (Å²) >= 11 is 0. The first-order valence-electron chi connectivity index (χ1n) is 6.95. The molecule has 0 radical (unpaired) electrons. The van der Waals surface area contributed by atoms with Crippen LogP contribution in [-0.2, 0) is 16.0 Å². The van der Waals surface area contributed by atoms with E-state index in [2.05, 4.69) is 0 Å². The van der Waals surface area contributed by atoms with E-state index in [0.717, 1.165) is 10.5 Å². The second-order valence-electron chi connectivity index (χ2n) is 5.86. The second kappa shape index (κ2) is 7.57. The van der Waals surface area contributed by atoms with Crippen LogP contribution < -0.4 is 5.73 Å². The minimum atomic E-state index is -0.914. The number of imide groups is 1. The maximum absolute atomic E-state index is 12.3. The number of nitrogens with two attached hydrogens (primary N) is 1. The molecule has 0 aliphatic rings. The molecule has 0 unspecified atom stereocenters. The summed E-state index contributed by atoms with van der Waals surface area (Å²) in [6.07, 6.45) is -0.577. The Morgan fingerprint density at radius 2 is 1.91 bits per heavy atom. The SMILES string of the molecule is CC(C)(C)OC(=O)N(CC#N)C(=O)[C@@H](N)Cc1ccccc1. The van der Waals surface area contributed by atoms with Gasteiger partial charge >= 0.3 is 6.09 Å².